The molecule has 4 heteroatoms. The molecule has 0 aliphatic rings. The van der Waals surface area contributed by atoms with Gasteiger partial charge in [-0.1, -0.05) is 6.07 Å². The topological polar surface area (TPSA) is 66.0 Å². The van der Waals surface area contributed by atoms with Crippen molar-refractivity contribution in [2.75, 3.05) is 0 Å². The molecule has 0 bridgehead atoms. The molecule has 0 fully saturated rings. The maximum Gasteiger partial charge on any atom is 0.251 e. The van der Waals surface area contributed by atoms with Crippen LogP contribution < -0.4 is 5.32 Å². The normalized spacial score (nSPS) is 11.6. The van der Waals surface area contributed by atoms with E-state index in [9.17, 15) is 4.79 Å². The average molecular weight is 240 g/mol. The average Bonchev–Trinajstić information content (AvgIpc) is 2.92. The van der Waals surface area contributed by atoms with Crippen LogP contribution in [0.25, 0.3) is 0 Å². The number of benzene rings is 1. The van der Waals surface area contributed by atoms with E-state index in [0.29, 0.717) is 16.9 Å². The maximum absolute atomic E-state index is 12.0. The molecule has 0 saturated carbocycles. The molecule has 0 aliphatic carbocycles. The van der Waals surface area contributed by atoms with Crippen molar-refractivity contribution in [1.82, 2.24) is 5.32 Å². The van der Waals surface area contributed by atoms with Crippen molar-refractivity contribution in [2.45, 2.75) is 13.0 Å². The predicted molar refractivity (Wildman–Crippen MR) is 65.7 cm³/mol. The Morgan fingerprint density at radius 2 is 2.22 bits per heavy atom. The quantitative estimate of drug-likeness (QED) is 0.896. The van der Waals surface area contributed by atoms with Gasteiger partial charge in [0.25, 0.3) is 5.91 Å². The Labute approximate surface area is 105 Å². The van der Waals surface area contributed by atoms with Gasteiger partial charge < -0.3 is 9.73 Å². The molecule has 1 heterocycles. The molecule has 1 unspecified atom stereocenters. The van der Waals surface area contributed by atoms with E-state index < -0.39 is 0 Å². The number of nitrogens with zero attached hydrogens (tertiary/aromatic N) is 1. The number of amides is 1. The van der Waals surface area contributed by atoms with Gasteiger partial charge in [-0.25, -0.2) is 0 Å². The third-order valence-electron chi connectivity index (χ3n) is 2.57. The summed E-state index contributed by atoms with van der Waals surface area (Å²) in [4.78, 5) is 12.0. The molecule has 0 spiro atoms. The lowest BCUT2D eigenvalue weighted by molar-refractivity contribution is 0.0935. The number of nitrogens with one attached hydrogen (secondary N) is 1. The van der Waals surface area contributed by atoms with E-state index in [1.54, 1.807) is 42.7 Å². The fourth-order valence-electron chi connectivity index (χ4n) is 1.62. The highest BCUT2D eigenvalue weighted by Gasteiger charge is 2.13. The third-order valence-corrected chi connectivity index (χ3v) is 2.57. The maximum atomic E-state index is 12.0. The van der Waals surface area contributed by atoms with Crippen molar-refractivity contribution in [3.63, 3.8) is 0 Å². The van der Waals surface area contributed by atoms with Crippen LogP contribution in [0.2, 0.25) is 0 Å². The molecule has 1 aromatic carbocycles. The van der Waals surface area contributed by atoms with Crippen LogP contribution in [0.4, 0.5) is 0 Å². The van der Waals surface area contributed by atoms with Gasteiger partial charge in [0.05, 0.1) is 23.9 Å². The van der Waals surface area contributed by atoms with Gasteiger partial charge in [0.2, 0.25) is 0 Å². The summed E-state index contributed by atoms with van der Waals surface area (Å²) in [6.07, 6.45) is 1.56. The van der Waals surface area contributed by atoms with E-state index in [1.165, 1.54) is 0 Å². The highest BCUT2D eigenvalue weighted by molar-refractivity contribution is 5.94. The number of rotatable bonds is 3. The first-order chi connectivity index (χ1) is 8.70. The second-order valence-corrected chi connectivity index (χ2v) is 3.90. The van der Waals surface area contributed by atoms with Gasteiger partial charge in [-0.3, -0.25) is 4.79 Å². The van der Waals surface area contributed by atoms with Crippen LogP contribution in [0, 0.1) is 11.3 Å². The van der Waals surface area contributed by atoms with E-state index >= 15 is 0 Å². The van der Waals surface area contributed by atoms with Crippen LogP contribution in [-0.2, 0) is 0 Å². The molecule has 18 heavy (non-hydrogen) atoms. The standard InChI is InChI=1S/C14H12N2O2/c1-10(13-6-3-7-18-13)16-14(17)12-5-2-4-11(8-12)9-15/h2-8,10H,1H3,(H,16,17). The van der Waals surface area contributed by atoms with E-state index in [0.717, 1.165) is 0 Å². The number of hydrogen-bond donors (Lipinski definition) is 1. The summed E-state index contributed by atoms with van der Waals surface area (Å²) in [6.45, 7) is 1.84. The molecule has 1 atom stereocenters. The summed E-state index contributed by atoms with van der Waals surface area (Å²) in [6, 6.07) is 11.9. The molecule has 90 valence electrons. The summed E-state index contributed by atoms with van der Waals surface area (Å²) in [5.74, 6) is 0.468. The highest BCUT2D eigenvalue weighted by Crippen LogP contribution is 2.13. The smallest absolute Gasteiger partial charge is 0.251 e. The van der Waals surface area contributed by atoms with Gasteiger partial charge in [-0.05, 0) is 37.3 Å². The zero-order chi connectivity index (χ0) is 13.0. The van der Waals surface area contributed by atoms with Crippen LogP contribution in [0.5, 0.6) is 0 Å². The Kier molecular flexibility index (Phi) is 3.44. The van der Waals surface area contributed by atoms with Crippen LogP contribution in [0.3, 0.4) is 0 Å². The molecule has 2 aromatic rings. The van der Waals surface area contributed by atoms with Crippen LogP contribution in [0.15, 0.2) is 47.1 Å². The number of carbonyl (C=O) groups excluding carboxylic acids is 1. The zero-order valence-corrected chi connectivity index (χ0v) is 9.88. The van der Waals surface area contributed by atoms with Gasteiger partial charge >= 0.3 is 0 Å². The van der Waals surface area contributed by atoms with Crippen LogP contribution >= 0.6 is 0 Å². The van der Waals surface area contributed by atoms with Crippen molar-refractivity contribution in [3.05, 3.63) is 59.5 Å². The molecule has 4 nitrogen and oxygen atoms in total. The van der Waals surface area contributed by atoms with Gasteiger partial charge in [-0.2, -0.15) is 5.26 Å². The van der Waals surface area contributed by atoms with Gasteiger partial charge in [0.1, 0.15) is 5.76 Å². The molecule has 0 aliphatic heterocycles. The first-order valence-electron chi connectivity index (χ1n) is 5.55. The van der Waals surface area contributed by atoms with E-state index in [4.69, 9.17) is 9.68 Å². The SMILES string of the molecule is CC(NC(=O)c1cccc(C#N)c1)c1ccco1. The lowest BCUT2D eigenvalue weighted by atomic mass is 10.1. The summed E-state index contributed by atoms with van der Waals surface area (Å²) in [5, 5.41) is 11.6. The fourth-order valence-corrected chi connectivity index (χ4v) is 1.62. The number of nitriles is 1. The van der Waals surface area contributed by atoms with Crippen molar-refractivity contribution >= 4 is 5.91 Å². The summed E-state index contributed by atoms with van der Waals surface area (Å²) in [5.41, 5.74) is 0.931. The van der Waals surface area contributed by atoms with Gasteiger partial charge in [0.15, 0.2) is 0 Å². The zero-order valence-electron chi connectivity index (χ0n) is 9.88. The summed E-state index contributed by atoms with van der Waals surface area (Å²) >= 11 is 0. The monoisotopic (exact) mass is 240 g/mol. The van der Waals surface area contributed by atoms with Crippen molar-refractivity contribution in [3.8, 4) is 6.07 Å². The molecule has 0 radical (unpaired) electrons. The Morgan fingerprint density at radius 3 is 2.89 bits per heavy atom. The minimum absolute atomic E-state index is 0.210. The van der Waals surface area contributed by atoms with Crippen molar-refractivity contribution in [1.29, 1.82) is 5.26 Å². The van der Waals surface area contributed by atoms with Crippen molar-refractivity contribution < 1.29 is 9.21 Å². The van der Waals surface area contributed by atoms with E-state index in [-0.39, 0.29) is 11.9 Å². The third kappa shape index (κ3) is 2.58. The molecule has 2 rings (SSSR count). The fraction of sp³-hybridized carbons (Fsp3) is 0.143. The second-order valence-electron chi connectivity index (χ2n) is 3.90. The lowest BCUT2D eigenvalue weighted by Crippen LogP contribution is -2.26. The van der Waals surface area contributed by atoms with Crippen LogP contribution in [0.1, 0.15) is 34.6 Å². The predicted octanol–water partition coefficient (Wildman–Crippen LogP) is 2.64. The largest absolute Gasteiger partial charge is 0.467 e. The number of furan rings is 1. The van der Waals surface area contributed by atoms with Crippen LogP contribution in [-0.4, -0.2) is 5.91 Å². The molecule has 1 aromatic heterocycles. The summed E-state index contributed by atoms with van der Waals surface area (Å²) in [7, 11) is 0. The first-order valence-corrected chi connectivity index (χ1v) is 5.55. The minimum Gasteiger partial charge on any atom is -0.467 e. The Hall–Kier alpha value is -2.54. The first kappa shape index (κ1) is 11.9. The Bertz CT molecular complexity index is 582. The summed E-state index contributed by atoms with van der Waals surface area (Å²) < 4.78 is 5.21. The van der Waals surface area contributed by atoms with E-state index in [1.807, 2.05) is 13.0 Å². The van der Waals surface area contributed by atoms with Gasteiger partial charge in [-0.15, -0.1) is 0 Å². The highest BCUT2D eigenvalue weighted by atomic mass is 16.3. The lowest BCUT2D eigenvalue weighted by Gasteiger charge is -2.11. The van der Waals surface area contributed by atoms with E-state index in [2.05, 4.69) is 5.32 Å². The molecule has 1 N–H and O–H groups in total. The Balaban J connectivity index is 2.10. The molecular formula is C14H12N2O2. The Morgan fingerprint density at radius 1 is 1.39 bits per heavy atom. The minimum atomic E-state index is -0.226. The molecular weight excluding hydrogens is 228 g/mol. The number of hydrogen-bond acceptors (Lipinski definition) is 3. The molecule has 0 saturated heterocycles. The van der Waals surface area contributed by atoms with Crippen molar-refractivity contribution in [2.24, 2.45) is 0 Å². The van der Waals surface area contributed by atoms with Gasteiger partial charge in [0, 0.05) is 5.56 Å². The number of carbonyl (C=O) groups is 1. The second kappa shape index (κ2) is 5.19. The molecule has 1 amide bonds.